The fourth-order valence-electron chi connectivity index (χ4n) is 0.497. The quantitative estimate of drug-likeness (QED) is 0.344. The number of rotatable bonds is 3. The summed E-state index contributed by atoms with van der Waals surface area (Å²) in [5, 5.41) is -0.0371. The maximum absolute atomic E-state index is 5.90. The van der Waals surface area contributed by atoms with Gasteiger partial charge in [0.25, 0.3) is 0 Å². The zero-order chi connectivity index (χ0) is 8.85. The molecule has 0 rings (SSSR count). The molecule has 0 aliphatic carbocycles. The molecule has 0 N–H and O–H groups in total. The van der Waals surface area contributed by atoms with Crippen molar-refractivity contribution in [1.82, 2.24) is 0 Å². The molecule has 0 fully saturated rings. The summed E-state index contributed by atoms with van der Waals surface area (Å²) in [4.78, 5) is 0. The van der Waals surface area contributed by atoms with Crippen LogP contribution in [0.1, 0.15) is 20.8 Å². The maximum atomic E-state index is 5.90. The first-order chi connectivity index (χ1) is 5.07. The molecule has 0 aromatic carbocycles. The Morgan fingerprint density at radius 3 is 2.36 bits per heavy atom. The van der Waals surface area contributed by atoms with Crippen LogP contribution in [-0.2, 0) is 0 Å². The summed E-state index contributed by atoms with van der Waals surface area (Å²) in [6.45, 7) is 9.72. The lowest BCUT2D eigenvalue weighted by molar-refractivity contribution is 1.23. The molecule has 0 aromatic rings. The fraction of sp³-hybridized carbons (Fsp3) is 0.400. The Morgan fingerprint density at radius 1 is 1.45 bits per heavy atom. The second kappa shape index (κ2) is 5.20. The summed E-state index contributed by atoms with van der Waals surface area (Å²) in [6.07, 6.45) is 5.99. The Labute approximate surface area is 74.3 Å². The monoisotopic (exact) mass is 170 g/mol. The molecular formula is C10H15Cl. The van der Waals surface area contributed by atoms with Crippen LogP contribution in [-0.4, -0.2) is 5.38 Å². The van der Waals surface area contributed by atoms with Crippen molar-refractivity contribution in [2.45, 2.75) is 26.1 Å². The lowest BCUT2D eigenvalue weighted by Crippen LogP contribution is -1.92. The number of hydrogen-bond donors (Lipinski definition) is 0. The molecular weight excluding hydrogens is 156 g/mol. The highest BCUT2D eigenvalue weighted by atomic mass is 35.5. The smallest absolute Gasteiger partial charge is 0.0724 e. The van der Waals surface area contributed by atoms with Gasteiger partial charge in [0.05, 0.1) is 5.38 Å². The third kappa shape index (κ3) is 4.86. The van der Waals surface area contributed by atoms with E-state index in [1.165, 1.54) is 5.57 Å². The first-order valence-corrected chi connectivity index (χ1v) is 4.12. The van der Waals surface area contributed by atoms with Gasteiger partial charge in [0.1, 0.15) is 0 Å². The molecule has 0 bridgehead atoms. The van der Waals surface area contributed by atoms with Crippen molar-refractivity contribution in [1.29, 1.82) is 0 Å². The second-order valence-corrected chi connectivity index (χ2v) is 3.11. The standard InChI is InChI=1S/C10H15Cl/c1-5-9(4)6-7-10(11)8(2)3/h5-7,10H,2H2,1,3-4H3/b7-6+,9-5+. The molecule has 0 amide bonds. The lowest BCUT2D eigenvalue weighted by atomic mass is 10.2. The molecule has 0 aliphatic rings. The number of hydrogen-bond acceptors (Lipinski definition) is 0. The van der Waals surface area contributed by atoms with Crippen LogP contribution in [0.25, 0.3) is 0 Å². The van der Waals surface area contributed by atoms with E-state index >= 15 is 0 Å². The molecule has 1 unspecified atom stereocenters. The molecule has 0 nitrogen and oxygen atoms in total. The Hall–Kier alpha value is -0.490. The summed E-state index contributed by atoms with van der Waals surface area (Å²) in [5.41, 5.74) is 2.20. The van der Waals surface area contributed by atoms with Crippen LogP contribution in [0, 0.1) is 0 Å². The van der Waals surface area contributed by atoms with Crippen LogP contribution in [0.15, 0.2) is 36.0 Å². The fourth-order valence-corrected chi connectivity index (χ4v) is 0.569. The van der Waals surface area contributed by atoms with Crippen molar-refractivity contribution in [3.8, 4) is 0 Å². The van der Waals surface area contributed by atoms with Crippen LogP contribution in [0.2, 0.25) is 0 Å². The summed E-state index contributed by atoms with van der Waals surface area (Å²) < 4.78 is 0. The average molecular weight is 171 g/mol. The molecule has 0 saturated carbocycles. The van der Waals surface area contributed by atoms with E-state index in [2.05, 4.69) is 6.58 Å². The Bertz CT molecular complexity index is 187. The van der Waals surface area contributed by atoms with Gasteiger partial charge in [-0.1, -0.05) is 36.0 Å². The van der Waals surface area contributed by atoms with Crippen molar-refractivity contribution < 1.29 is 0 Å². The van der Waals surface area contributed by atoms with E-state index in [0.29, 0.717) is 0 Å². The highest BCUT2D eigenvalue weighted by Gasteiger charge is 1.97. The van der Waals surface area contributed by atoms with Crippen molar-refractivity contribution in [3.05, 3.63) is 36.0 Å². The van der Waals surface area contributed by atoms with E-state index in [1.807, 2.05) is 39.0 Å². The molecule has 0 radical (unpaired) electrons. The largest absolute Gasteiger partial charge is 0.114 e. The normalized spacial score (nSPS) is 15.5. The maximum Gasteiger partial charge on any atom is 0.0724 e. The predicted octanol–water partition coefficient (Wildman–Crippen LogP) is 3.69. The second-order valence-electron chi connectivity index (χ2n) is 2.64. The van der Waals surface area contributed by atoms with E-state index in [1.54, 1.807) is 0 Å². The summed E-state index contributed by atoms with van der Waals surface area (Å²) >= 11 is 5.90. The highest BCUT2D eigenvalue weighted by Crippen LogP contribution is 2.09. The SMILES string of the molecule is C=C(C)C(Cl)/C=C/C(C)=C/C. The third-order valence-electron chi connectivity index (χ3n) is 1.45. The number of alkyl halides is 1. The van der Waals surface area contributed by atoms with Gasteiger partial charge in [-0.15, -0.1) is 11.6 Å². The van der Waals surface area contributed by atoms with Gasteiger partial charge >= 0.3 is 0 Å². The lowest BCUT2D eigenvalue weighted by Gasteiger charge is -2.00. The Kier molecular flexibility index (Phi) is 4.97. The minimum atomic E-state index is -0.0371. The zero-order valence-electron chi connectivity index (χ0n) is 7.39. The van der Waals surface area contributed by atoms with E-state index < -0.39 is 0 Å². The minimum absolute atomic E-state index is 0.0371. The first-order valence-electron chi connectivity index (χ1n) is 3.68. The van der Waals surface area contributed by atoms with Gasteiger partial charge in [-0.25, -0.2) is 0 Å². The predicted molar refractivity (Wildman–Crippen MR) is 53.0 cm³/mol. The zero-order valence-corrected chi connectivity index (χ0v) is 8.15. The van der Waals surface area contributed by atoms with Gasteiger partial charge in [0.15, 0.2) is 0 Å². The first kappa shape index (κ1) is 10.5. The average Bonchev–Trinajstić information content (AvgIpc) is 1.99. The van der Waals surface area contributed by atoms with Crippen molar-refractivity contribution >= 4 is 11.6 Å². The van der Waals surface area contributed by atoms with Crippen LogP contribution < -0.4 is 0 Å². The van der Waals surface area contributed by atoms with Crippen LogP contribution >= 0.6 is 11.6 Å². The topological polar surface area (TPSA) is 0 Å². The van der Waals surface area contributed by atoms with Crippen LogP contribution in [0.5, 0.6) is 0 Å². The molecule has 11 heavy (non-hydrogen) atoms. The minimum Gasteiger partial charge on any atom is -0.114 e. The Morgan fingerprint density at radius 2 is 2.00 bits per heavy atom. The van der Waals surface area contributed by atoms with Gasteiger partial charge in [-0.3, -0.25) is 0 Å². The molecule has 0 aromatic heterocycles. The van der Waals surface area contributed by atoms with E-state index in [4.69, 9.17) is 11.6 Å². The molecule has 0 heterocycles. The summed E-state index contributed by atoms with van der Waals surface area (Å²) in [7, 11) is 0. The summed E-state index contributed by atoms with van der Waals surface area (Å²) in [5.74, 6) is 0. The van der Waals surface area contributed by atoms with Gasteiger partial charge < -0.3 is 0 Å². The van der Waals surface area contributed by atoms with Crippen LogP contribution in [0.3, 0.4) is 0 Å². The Balaban J connectivity index is 4.03. The highest BCUT2D eigenvalue weighted by molar-refractivity contribution is 6.23. The number of allylic oxidation sites excluding steroid dienone is 5. The molecule has 1 atom stereocenters. The van der Waals surface area contributed by atoms with Gasteiger partial charge in [-0.05, 0) is 20.8 Å². The molecule has 1 heteroatoms. The van der Waals surface area contributed by atoms with Gasteiger partial charge in [0, 0.05) is 0 Å². The number of halogens is 1. The van der Waals surface area contributed by atoms with Crippen molar-refractivity contribution in [3.63, 3.8) is 0 Å². The van der Waals surface area contributed by atoms with Gasteiger partial charge in [-0.2, -0.15) is 0 Å². The van der Waals surface area contributed by atoms with Crippen LogP contribution in [0.4, 0.5) is 0 Å². The molecule has 0 saturated heterocycles. The molecule has 0 spiro atoms. The van der Waals surface area contributed by atoms with Gasteiger partial charge in [0.2, 0.25) is 0 Å². The van der Waals surface area contributed by atoms with E-state index in [-0.39, 0.29) is 5.38 Å². The molecule has 62 valence electrons. The van der Waals surface area contributed by atoms with E-state index in [9.17, 15) is 0 Å². The van der Waals surface area contributed by atoms with Crippen molar-refractivity contribution in [2.24, 2.45) is 0 Å². The molecule has 0 aliphatic heterocycles. The summed E-state index contributed by atoms with van der Waals surface area (Å²) in [6, 6.07) is 0. The third-order valence-corrected chi connectivity index (χ3v) is 1.97. The van der Waals surface area contributed by atoms with Crippen molar-refractivity contribution in [2.75, 3.05) is 0 Å². The van der Waals surface area contributed by atoms with E-state index in [0.717, 1.165) is 5.57 Å².